The third kappa shape index (κ3) is 2.69. The molecule has 0 saturated carbocycles. The molecular weight excluding hydrogens is 333 g/mol. The molecule has 0 aliphatic rings. The maximum Gasteiger partial charge on any atom is 0.263 e. The van der Waals surface area contributed by atoms with Gasteiger partial charge in [0, 0.05) is 23.7 Å². The summed E-state index contributed by atoms with van der Waals surface area (Å²) in [6.45, 7) is 4.56. The second kappa shape index (κ2) is 6.22. The Morgan fingerprint density at radius 3 is 2.65 bits per heavy atom. The molecule has 26 heavy (non-hydrogen) atoms. The third-order valence-electron chi connectivity index (χ3n) is 4.35. The molecule has 0 N–H and O–H groups in total. The van der Waals surface area contributed by atoms with Crippen LogP contribution in [0.5, 0.6) is 0 Å². The zero-order chi connectivity index (χ0) is 18.3. The number of fused-ring (bicyclic) bond motifs is 1. The summed E-state index contributed by atoms with van der Waals surface area (Å²) in [5.74, 6) is 0.0704. The fourth-order valence-corrected chi connectivity index (χ4v) is 2.94. The second-order valence-corrected chi connectivity index (χ2v) is 6.11. The molecule has 130 valence electrons. The van der Waals surface area contributed by atoms with Crippen molar-refractivity contribution >= 4 is 10.9 Å². The van der Waals surface area contributed by atoms with Gasteiger partial charge in [-0.25, -0.2) is 4.39 Å². The first-order valence-electron chi connectivity index (χ1n) is 8.30. The quantitative estimate of drug-likeness (QED) is 0.556. The van der Waals surface area contributed by atoms with Crippen molar-refractivity contribution in [2.45, 2.75) is 20.4 Å². The van der Waals surface area contributed by atoms with Gasteiger partial charge in [0.05, 0.1) is 5.52 Å². The molecular formula is C20H16FN3O2. The molecule has 2 heterocycles. The fourth-order valence-electron chi connectivity index (χ4n) is 2.94. The number of nitrogens with zero attached hydrogens (tertiary/aromatic N) is 3. The van der Waals surface area contributed by atoms with Gasteiger partial charge in [-0.2, -0.15) is 4.98 Å². The summed E-state index contributed by atoms with van der Waals surface area (Å²) in [4.78, 5) is 17.2. The molecule has 0 aliphatic carbocycles. The number of rotatable bonds is 3. The largest absolute Gasteiger partial charge is 0.347 e. The van der Waals surface area contributed by atoms with E-state index in [1.807, 2.05) is 42.7 Å². The van der Waals surface area contributed by atoms with Crippen molar-refractivity contribution < 1.29 is 8.91 Å². The summed E-state index contributed by atoms with van der Waals surface area (Å²) in [6, 6.07) is 11.9. The molecule has 0 amide bonds. The SMILES string of the molecule is CCn1cc(-c2nc(-c3ccc(C)cc3)no2)c(=O)c2cc(F)ccc21. The van der Waals surface area contributed by atoms with Gasteiger partial charge in [0.2, 0.25) is 11.3 Å². The normalized spacial score (nSPS) is 11.2. The Bertz CT molecular complexity index is 1160. The van der Waals surface area contributed by atoms with Crippen molar-refractivity contribution in [3.05, 3.63) is 70.3 Å². The lowest BCUT2D eigenvalue weighted by Crippen LogP contribution is -2.12. The molecule has 0 bridgehead atoms. The summed E-state index contributed by atoms with van der Waals surface area (Å²) in [6.07, 6.45) is 1.68. The molecule has 4 rings (SSSR count). The highest BCUT2D eigenvalue weighted by molar-refractivity contribution is 5.83. The topological polar surface area (TPSA) is 60.9 Å². The number of benzene rings is 2. The zero-order valence-electron chi connectivity index (χ0n) is 14.4. The first-order valence-corrected chi connectivity index (χ1v) is 8.30. The minimum Gasteiger partial charge on any atom is -0.347 e. The minimum atomic E-state index is -0.458. The highest BCUT2D eigenvalue weighted by Gasteiger charge is 2.17. The van der Waals surface area contributed by atoms with E-state index in [9.17, 15) is 9.18 Å². The Morgan fingerprint density at radius 2 is 1.92 bits per heavy atom. The maximum absolute atomic E-state index is 13.6. The third-order valence-corrected chi connectivity index (χ3v) is 4.35. The highest BCUT2D eigenvalue weighted by Crippen LogP contribution is 2.23. The average molecular weight is 349 g/mol. The Hall–Kier alpha value is -3.28. The lowest BCUT2D eigenvalue weighted by Gasteiger charge is -2.09. The highest BCUT2D eigenvalue weighted by atomic mass is 19.1. The Kier molecular flexibility index (Phi) is 3.88. The van der Waals surface area contributed by atoms with Crippen LogP contribution in [0.4, 0.5) is 4.39 Å². The molecule has 0 fully saturated rings. The van der Waals surface area contributed by atoms with Gasteiger partial charge in [0.1, 0.15) is 11.4 Å². The lowest BCUT2D eigenvalue weighted by molar-refractivity contribution is 0.431. The minimum absolute atomic E-state index is 0.124. The van der Waals surface area contributed by atoms with Gasteiger partial charge in [-0.3, -0.25) is 4.79 Å². The van der Waals surface area contributed by atoms with E-state index in [0.717, 1.165) is 11.1 Å². The van der Waals surface area contributed by atoms with Crippen LogP contribution in [0, 0.1) is 12.7 Å². The van der Waals surface area contributed by atoms with Crippen LogP contribution < -0.4 is 5.43 Å². The maximum atomic E-state index is 13.6. The van der Waals surface area contributed by atoms with Gasteiger partial charge in [0.15, 0.2) is 0 Å². The molecule has 6 heteroatoms. The van der Waals surface area contributed by atoms with Crippen LogP contribution in [0.25, 0.3) is 33.7 Å². The first-order chi connectivity index (χ1) is 12.6. The molecule has 0 spiro atoms. The molecule has 2 aromatic carbocycles. The van der Waals surface area contributed by atoms with Crippen molar-refractivity contribution in [2.24, 2.45) is 0 Å². The van der Waals surface area contributed by atoms with E-state index >= 15 is 0 Å². The number of aryl methyl sites for hydroxylation is 2. The second-order valence-electron chi connectivity index (χ2n) is 6.11. The number of hydrogen-bond acceptors (Lipinski definition) is 4. The van der Waals surface area contributed by atoms with Crippen LogP contribution in [0.3, 0.4) is 0 Å². The Balaban J connectivity index is 1.88. The van der Waals surface area contributed by atoms with Crippen LogP contribution in [-0.2, 0) is 6.54 Å². The molecule has 5 nitrogen and oxygen atoms in total. The molecule has 0 unspecified atom stereocenters. The van der Waals surface area contributed by atoms with E-state index in [1.54, 1.807) is 12.3 Å². The number of aromatic nitrogens is 3. The van der Waals surface area contributed by atoms with Crippen molar-refractivity contribution in [3.8, 4) is 22.8 Å². The number of pyridine rings is 1. The summed E-state index contributed by atoms with van der Waals surface area (Å²) < 4.78 is 20.8. The zero-order valence-corrected chi connectivity index (χ0v) is 14.4. The smallest absolute Gasteiger partial charge is 0.263 e. The summed E-state index contributed by atoms with van der Waals surface area (Å²) >= 11 is 0. The van der Waals surface area contributed by atoms with Crippen LogP contribution in [0.1, 0.15) is 12.5 Å². The number of hydrogen-bond donors (Lipinski definition) is 0. The van der Waals surface area contributed by atoms with Crippen LogP contribution in [-0.4, -0.2) is 14.7 Å². The standard InChI is InChI=1S/C20H16FN3O2/c1-3-24-11-16(18(25)15-10-14(21)8-9-17(15)24)20-22-19(23-26-20)13-6-4-12(2)5-7-13/h4-11H,3H2,1-2H3. The predicted octanol–water partition coefficient (Wildman–Crippen LogP) is 4.19. The van der Waals surface area contributed by atoms with E-state index in [-0.39, 0.29) is 16.9 Å². The van der Waals surface area contributed by atoms with Gasteiger partial charge in [-0.1, -0.05) is 35.0 Å². The van der Waals surface area contributed by atoms with Crippen LogP contribution in [0.2, 0.25) is 0 Å². The van der Waals surface area contributed by atoms with Crippen molar-refractivity contribution in [1.29, 1.82) is 0 Å². The summed E-state index contributed by atoms with van der Waals surface area (Å²) in [5.41, 5.74) is 2.52. The van der Waals surface area contributed by atoms with Crippen molar-refractivity contribution in [3.63, 3.8) is 0 Å². The number of halogens is 1. The van der Waals surface area contributed by atoms with Crippen LogP contribution in [0.15, 0.2) is 58.0 Å². The molecule has 0 saturated heterocycles. The van der Waals surface area contributed by atoms with E-state index in [0.29, 0.717) is 23.3 Å². The summed E-state index contributed by atoms with van der Waals surface area (Å²) in [7, 11) is 0. The molecule has 4 aromatic rings. The van der Waals surface area contributed by atoms with Crippen molar-refractivity contribution in [2.75, 3.05) is 0 Å². The Labute approximate surface area is 148 Å². The summed E-state index contributed by atoms with van der Waals surface area (Å²) in [5, 5.41) is 4.27. The molecule has 0 aliphatic heterocycles. The lowest BCUT2D eigenvalue weighted by atomic mass is 10.1. The van der Waals surface area contributed by atoms with E-state index in [2.05, 4.69) is 10.1 Å². The Morgan fingerprint density at radius 1 is 1.15 bits per heavy atom. The monoisotopic (exact) mass is 349 g/mol. The molecule has 0 atom stereocenters. The fraction of sp³-hybridized carbons (Fsp3) is 0.150. The van der Waals surface area contributed by atoms with E-state index in [1.165, 1.54) is 12.1 Å². The van der Waals surface area contributed by atoms with Crippen LogP contribution >= 0.6 is 0 Å². The van der Waals surface area contributed by atoms with Gasteiger partial charge < -0.3 is 9.09 Å². The van der Waals surface area contributed by atoms with E-state index < -0.39 is 5.82 Å². The molecule has 0 radical (unpaired) electrons. The molecule has 2 aromatic heterocycles. The van der Waals surface area contributed by atoms with E-state index in [4.69, 9.17) is 4.52 Å². The van der Waals surface area contributed by atoms with Gasteiger partial charge in [0.25, 0.3) is 5.89 Å². The van der Waals surface area contributed by atoms with Gasteiger partial charge in [-0.05, 0) is 32.0 Å². The predicted molar refractivity (Wildman–Crippen MR) is 97.3 cm³/mol. The van der Waals surface area contributed by atoms with Gasteiger partial charge in [-0.15, -0.1) is 0 Å². The average Bonchev–Trinajstić information content (AvgIpc) is 3.13. The van der Waals surface area contributed by atoms with Gasteiger partial charge >= 0.3 is 0 Å². The first kappa shape index (κ1) is 16.2. The van der Waals surface area contributed by atoms with Crippen molar-refractivity contribution in [1.82, 2.24) is 14.7 Å².